The number of ketones is 1. The molecule has 2 atom stereocenters. The molecule has 106 valence electrons. The Morgan fingerprint density at radius 2 is 1.90 bits per heavy atom. The van der Waals surface area contributed by atoms with Crippen LogP contribution in [0.25, 0.3) is 0 Å². The van der Waals surface area contributed by atoms with Crippen molar-refractivity contribution in [3.63, 3.8) is 0 Å². The zero-order valence-corrected chi connectivity index (χ0v) is 11.5. The molecule has 0 saturated heterocycles. The predicted molar refractivity (Wildman–Crippen MR) is 75.6 cm³/mol. The average molecular weight is 272 g/mol. The van der Waals surface area contributed by atoms with Gasteiger partial charge in [0.2, 0.25) is 0 Å². The smallest absolute Gasteiger partial charge is 0.311 e. The minimum atomic E-state index is -0.716. The highest BCUT2D eigenvalue weighted by atomic mass is 16.4. The lowest BCUT2D eigenvalue weighted by Gasteiger charge is -2.13. The van der Waals surface area contributed by atoms with Crippen LogP contribution in [-0.4, -0.2) is 16.9 Å². The fourth-order valence-electron chi connectivity index (χ4n) is 3.30. The van der Waals surface area contributed by atoms with Gasteiger partial charge in [0.1, 0.15) is 5.78 Å². The van der Waals surface area contributed by atoms with Crippen molar-refractivity contribution in [2.45, 2.75) is 44.4 Å². The lowest BCUT2D eigenvalue weighted by molar-refractivity contribution is -0.139. The molecule has 3 heteroatoms. The van der Waals surface area contributed by atoms with Crippen molar-refractivity contribution in [2.75, 3.05) is 0 Å². The number of hydrogen-bond donors (Lipinski definition) is 1. The molecule has 2 aliphatic carbocycles. The van der Waals surface area contributed by atoms with Crippen LogP contribution in [0.5, 0.6) is 0 Å². The summed E-state index contributed by atoms with van der Waals surface area (Å²) in [6.07, 6.45) is 5.60. The van der Waals surface area contributed by atoms with Crippen molar-refractivity contribution in [2.24, 2.45) is 11.8 Å². The molecule has 1 aromatic rings. The first-order valence-electron chi connectivity index (χ1n) is 7.49. The Bertz CT molecular complexity index is 514. The summed E-state index contributed by atoms with van der Waals surface area (Å²) in [6, 6.07) is 7.87. The lowest BCUT2D eigenvalue weighted by atomic mass is 9.91. The van der Waals surface area contributed by atoms with E-state index in [1.807, 2.05) is 24.3 Å². The van der Waals surface area contributed by atoms with Crippen LogP contribution in [0, 0.1) is 11.8 Å². The number of carboxylic acid groups (broad SMARTS) is 1. The minimum Gasteiger partial charge on any atom is -0.481 e. The van der Waals surface area contributed by atoms with Crippen molar-refractivity contribution < 1.29 is 14.7 Å². The second kappa shape index (κ2) is 5.39. The second-order valence-corrected chi connectivity index (χ2v) is 6.15. The van der Waals surface area contributed by atoms with E-state index in [1.54, 1.807) is 0 Å². The second-order valence-electron chi connectivity index (χ2n) is 6.15. The van der Waals surface area contributed by atoms with Gasteiger partial charge in [-0.05, 0) is 49.1 Å². The summed E-state index contributed by atoms with van der Waals surface area (Å²) in [5, 5.41) is 9.33. The summed E-state index contributed by atoms with van der Waals surface area (Å²) >= 11 is 0. The molecule has 0 aliphatic heterocycles. The van der Waals surface area contributed by atoms with Crippen molar-refractivity contribution in [3.8, 4) is 0 Å². The van der Waals surface area contributed by atoms with Crippen LogP contribution >= 0.6 is 0 Å². The fourth-order valence-corrected chi connectivity index (χ4v) is 3.30. The highest BCUT2D eigenvalue weighted by molar-refractivity contribution is 5.83. The van der Waals surface area contributed by atoms with Gasteiger partial charge in [-0.1, -0.05) is 24.3 Å². The van der Waals surface area contributed by atoms with E-state index in [2.05, 4.69) is 0 Å². The largest absolute Gasteiger partial charge is 0.481 e. The number of carbonyl (C=O) groups excluding carboxylic acids is 1. The zero-order chi connectivity index (χ0) is 14.1. The summed E-state index contributed by atoms with van der Waals surface area (Å²) in [5.41, 5.74) is 2.05. The molecular formula is C17H20O3. The average Bonchev–Trinajstić information content (AvgIpc) is 3.16. The quantitative estimate of drug-likeness (QED) is 0.895. The maximum absolute atomic E-state index is 11.7. The molecular weight excluding hydrogens is 252 g/mol. The maximum Gasteiger partial charge on any atom is 0.311 e. The molecule has 3 rings (SSSR count). The van der Waals surface area contributed by atoms with Gasteiger partial charge in [0.15, 0.2) is 0 Å². The van der Waals surface area contributed by atoms with Crippen LogP contribution in [0.4, 0.5) is 0 Å². The van der Waals surface area contributed by atoms with Gasteiger partial charge in [-0.15, -0.1) is 0 Å². The first kappa shape index (κ1) is 13.3. The third-order valence-electron chi connectivity index (χ3n) is 4.61. The van der Waals surface area contributed by atoms with Crippen LogP contribution in [-0.2, 0) is 16.0 Å². The third-order valence-corrected chi connectivity index (χ3v) is 4.61. The van der Waals surface area contributed by atoms with Crippen LogP contribution in [0.1, 0.15) is 49.1 Å². The summed E-state index contributed by atoms with van der Waals surface area (Å²) in [5.74, 6) is -0.187. The third kappa shape index (κ3) is 2.77. The van der Waals surface area contributed by atoms with Crippen molar-refractivity contribution in [1.29, 1.82) is 0 Å². The number of carboxylic acids is 1. The Kier molecular flexibility index (Phi) is 3.60. The fraction of sp³-hybridized carbons (Fsp3) is 0.529. The lowest BCUT2D eigenvalue weighted by Crippen LogP contribution is -2.14. The van der Waals surface area contributed by atoms with Gasteiger partial charge >= 0.3 is 5.97 Å². The van der Waals surface area contributed by atoms with Gasteiger partial charge in [-0.3, -0.25) is 9.59 Å². The van der Waals surface area contributed by atoms with Crippen molar-refractivity contribution in [3.05, 3.63) is 35.4 Å². The molecule has 1 aromatic carbocycles. The van der Waals surface area contributed by atoms with E-state index in [-0.39, 0.29) is 11.8 Å². The van der Waals surface area contributed by atoms with Gasteiger partial charge in [-0.2, -0.15) is 0 Å². The summed E-state index contributed by atoms with van der Waals surface area (Å²) in [4.78, 5) is 23.0. The van der Waals surface area contributed by atoms with Crippen LogP contribution in [0.2, 0.25) is 0 Å². The molecule has 0 heterocycles. The summed E-state index contributed by atoms with van der Waals surface area (Å²) < 4.78 is 0. The Morgan fingerprint density at radius 3 is 2.40 bits per heavy atom. The Labute approximate surface area is 119 Å². The highest BCUT2D eigenvalue weighted by Crippen LogP contribution is 2.42. The topological polar surface area (TPSA) is 54.4 Å². The molecule has 0 spiro atoms. The number of hydrogen-bond acceptors (Lipinski definition) is 2. The number of aliphatic carboxylic acids is 1. The molecule has 0 aromatic heterocycles. The molecule has 3 nitrogen and oxygen atoms in total. The molecule has 2 fully saturated rings. The van der Waals surface area contributed by atoms with Gasteiger partial charge < -0.3 is 5.11 Å². The zero-order valence-electron chi connectivity index (χ0n) is 11.5. The molecule has 2 aliphatic rings. The molecule has 20 heavy (non-hydrogen) atoms. The molecule has 2 unspecified atom stereocenters. The number of carbonyl (C=O) groups is 2. The van der Waals surface area contributed by atoms with E-state index in [1.165, 1.54) is 0 Å². The van der Waals surface area contributed by atoms with Crippen LogP contribution in [0.15, 0.2) is 24.3 Å². The molecule has 0 amide bonds. The summed E-state index contributed by atoms with van der Waals surface area (Å²) in [7, 11) is 0. The van der Waals surface area contributed by atoms with E-state index in [4.69, 9.17) is 0 Å². The van der Waals surface area contributed by atoms with E-state index >= 15 is 0 Å². The first-order chi connectivity index (χ1) is 9.65. The molecule has 0 radical (unpaired) electrons. The van der Waals surface area contributed by atoms with E-state index in [9.17, 15) is 14.7 Å². The SMILES string of the molecule is O=C1CCCC1Cc1ccc(C(C(=O)O)C2CC2)cc1. The van der Waals surface area contributed by atoms with Crippen molar-refractivity contribution in [1.82, 2.24) is 0 Å². The van der Waals surface area contributed by atoms with Crippen molar-refractivity contribution >= 4 is 11.8 Å². The van der Waals surface area contributed by atoms with Gasteiger partial charge in [-0.25, -0.2) is 0 Å². The highest BCUT2D eigenvalue weighted by Gasteiger charge is 2.37. The van der Waals surface area contributed by atoms with Gasteiger partial charge in [0.25, 0.3) is 0 Å². The first-order valence-corrected chi connectivity index (χ1v) is 7.49. The predicted octanol–water partition coefficient (Wildman–Crippen LogP) is 3.18. The molecule has 2 saturated carbocycles. The van der Waals surface area contributed by atoms with E-state index < -0.39 is 5.97 Å². The Hall–Kier alpha value is -1.64. The van der Waals surface area contributed by atoms with E-state index in [0.717, 1.165) is 49.7 Å². The maximum atomic E-state index is 11.7. The Morgan fingerprint density at radius 1 is 1.20 bits per heavy atom. The number of Topliss-reactive ketones (excluding diaryl/α,β-unsaturated/α-hetero) is 1. The Balaban J connectivity index is 1.70. The standard InChI is InChI=1S/C17H20O3/c18-15-3-1-2-14(15)10-11-4-6-12(7-5-11)16(17(19)20)13-8-9-13/h4-7,13-14,16H,1-3,8-10H2,(H,19,20). The van der Waals surface area contributed by atoms with Crippen LogP contribution in [0.3, 0.4) is 0 Å². The van der Waals surface area contributed by atoms with Gasteiger partial charge in [0, 0.05) is 12.3 Å². The van der Waals surface area contributed by atoms with Crippen LogP contribution < -0.4 is 0 Å². The molecule has 1 N–H and O–H groups in total. The summed E-state index contributed by atoms with van der Waals surface area (Å²) in [6.45, 7) is 0. The van der Waals surface area contributed by atoms with E-state index in [0.29, 0.717) is 11.7 Å². The number of benzene rings is 1. The van der Waals surface area contributed by atoms with Gasteiger partial charge in [0.05, 0.1) is 5.92 Å². The normalized spacial score (nSPS) is 23.8. The minimum absolute atomic E-state index is 0.180. The molecule has 0 bridgehead atoms. The monoisotopic (exact) mass is 272 g/mol. The number of rotatable bonds is 5.